The van der Waals surface area contributed by atoms with Gasteiger partial charge in [-0.1, -0.05) is 6.92 Å². The van der Waals surface area contributed by atoms with E-state index in [0.717, 1.165) is 0 Å². The van der Waals surface area contributed by atoms with Gasteiger partial charge in [0.05, 0.1) is 7.11 Å². The number of ether oxygens (including phenoxy) is 1. The molecule has 0 bridgehead atoms. The predicted octanol–water partition coefficient (Wildman–Crippen LogP) is 1.65. The summed E-state index contributed by atoms with van der Waals surface area (Å²) in [5.41, 5.74) is 0. The van der Waals surface area contributed by atoms with Crippen LogP contribution in [0.4, 0.5) is 0 Å². The largest absolute Gasteiger partial charge is 0.468 e. The zero-order valence-electron chi connectivity index (χ0n) is 12.2. The maximum atomic E-state index is 11.4. The minimum atomic E-state index is -0.210. The van der Waals surface area contributed by atoms with Crippen LogP contribution in [-0.4, -0.2) is 49.7 Å². The molecule has 0 spiro atoms. The van der Waals surface area contributed by atoms with E-state index in [0.29, 0.717) is 12.0 Å². The molecule has 1 rings (SSSR count). The molecule has 0 amide bonds. The molecule has 18 heavy (non-hydrogen) atoms. The van der Waals surface area contributed by atoms with E-state index in [1.807, 2.05) is 6.92 Å². The SMILES string of the molecule is CCCN1CCC(C(C)N[C@@H](C)C(=O)OC)CC1. The van der Waals surface area contributed by atoms with Crippen molar-refractivity contribution in [2.45, 2.75) is 52.1 Å². The molecule has 106 valence electrons. The van der Waals surface area contributed by atoms with Crippen molar-refractivity contribution in [2.24, 2.45) is 5.92 Å². The molecule has 4 heteroatoms. The molecular weight excluding hydrogens is 228 g/mol. The predicted molar refractivity (Wildman–Crippen MR) is 73.5 cm³/mol. The fraction of sp³-hybridized carbons (Fsp3) is 0.929. The van der Waals surface area contributed by atoms with Crippen molar-refractivity contribution in [1.82, 2.24) is 10.2 Å². The summed E-state index contributed by atoms with van der Waals surface area (Å²) < 4.78 is 4.74. The lowest BCUT2D eigenvalue weighted by atomic mass is 9.90. The van der Waals surface area contributed by atoms with Crippen LogP contribution in [0.2, 0.25) is 0 Å². The molecule has 0 aromatic heterocycles. The van der Waals surface area contributed by atoms with Crippen LogP contribution < -0.4 is 5.32 Å². The first-order chi connectivity index (χ1) is 8.58. The summed E-state index contributed by atoms with van der Waals surface area (Å²) in [5, 5.41) is 3.35. The number of nitrogens with one attached hydrogen (secondary N) is 1. The van der Waals surface area contributed by atoms with Gasteiger partial charge >= 0.3 is 5.97 Å². The van der Waals surface area contributed by atoms with Crippen molar-refractivity contribution in [3.8, 4) is 0 Å². The number of carbonyl (C=O) groups is 1. The van der Waals surface area contributed by atoms with Crippen LogP contribution in [0, 0.1) is 5.92 Å². The molecule has 1 aliphatic rings. The van der Waals surface area contributed by atoms with Crippen molar-refractivity contribution < 1.29 is 9.53 Å². The molecule has 0 aromatic rings. The molecule has 2 atom stereocenters. The Morgan fingerprint density at radius 1 is 1.39 bits per heavy atom. The summed E-state index contributed by atoms with van der Waals surface area (Å²) in [6, 6.07) is 0.168. The normalized spacial score (nSPS) is 21.6. The second-order valence-electron chi connectivity index (χ2n) is 5.38. The molecule has 1 saturated heterocycles. The van der Waals surface area contributed by atoms with Gasteiger partial charge in [0.1, 0.15) is 6.04 Å². The quantitative estimate of drug-likeness (QED) is 0.734. The van der Waals surface area contributed by atoms with Crippen molar-refractivity contribution in [3.05, 3.63) is 0 Å². The van der Waals surface area contributed by atoms with Gasteiger partial charge in [0, 0.05) is 6.04 Å². The van der Waals surface area contributed by atoms with Gasteiger partial charge in [0.2, 0.25) is 0 Å². The van der Waals surface area contributed by atoms with E-state index < -0.39 is 0 Å². The van der Waals surface area contributed by atoms with Crippen molar-refractivity contribution in [3.63, 3.8) is 0 Å². The third-order valence-corrected chi connectivity index (χ3v) is 3.95. The summed E-state index contributed by atoms with van der Waals surface area (Å²) in [7, 11) is 1.44. The standard InChI is InChI=1S/C14H28N2O2/c1-5-8-16-9-6-13(7-10-16)11(2)15-12(3)14(17)18-4/h11-13,15H,5-10H2,1-4H3/t11?,12-/m0/s1. The first-order valence-corrected chi connectivity index (χ1v) is 7.14. The maximum absolute atomic E-state index is 11.4. The zero-order valence-corrected chi connectivity index (χ0v) is 12.2. The minimum Gasteiger partial charge on any atom is -0.468 e. The van der Waals surface area contributed by atoms with Crippen LogP contribution in [0.3, 0.4) is 0 Å². The highest BCUT2D eigenvalue weighted by molar-refractivity contribution is 5.75. The fourth-order valence-corrected chi connectivity index (χ4v) is 2.77. The Hall–Kier alpha value is -0.610. The number of hydrogen-bond donors (Lipinski definition) is 1. The molecule has 1 unspecified atom stereocenters. The van der Waals surface area contributed by atoms with Crippen molar-refractivity contribution >= 4 is 5.97 Å². The molecule has 1 fully saturated rings. The van der Waals surface area contributed by atoms with E-state index >= 15 is 0 Å². The average molecular weight is 256 g/mol. The summed E-state index contributed by atoms with van der Waals surface area (Å²) in [5.74, 6) is 0.496. The van der Waals surface area contributed by atoms with Gasteiger partial charge in [-0.3, -0.25) is 4.79 Å². The molecule has 0 radical (unpaired) electrons. The highest BCUT2D eigenvalue weighted by atomic mass is 16.5. The van der Waals surface area contributed by atoms with Crippen LogP contribution in [0.1, 0.15) is 40.0 Å². The summed E-state index contributed by atoms with van der Waals surface area (Å²) in [6.07, 6.45) is 3.68. The first-order valence-electron chi connectivity index (χ1n) is 7.14. The second-order valence-corrected chi connectivity index (χ2v) is 5.38. The van der Waals surface area contributed by atoms with E-state index in [1.165, 1.54) is 46.0 Å². The third kappa shape index (κ3) is 4.58. The van der Waals surface area contributed by atoms with Crippen LogP contribution in [0.15, 0.2) is 0 Å². The van der Waals surface area contributed by atoms with Crippen molar-refractivity contribution in [2.75, 3.05) is 26.7 Å². The number of piperidine rings is 1. The fourth-order valence-electron chi connectivity index (χ4n) is 2.77. The summed E-state index contributed by atoms with van der Waals surface area (Å²) in [6.45, 7) is 9.88. The number of hydrogen-bond acceptors (Lipinski definition) is 4. The van der Waals surface area contributed by atoms with Crippen molar-refractivity contribution in [1.29, 1.82) is 0 Å². The van der Waals surface area contributed by atoms with Gasteiger partial charge < -0.3 is 15.0 Å². The van der Waals surface area contributed by atoms with Gasteiger partial charge in [-0.25, -0.2) is 0 Å². The molecule has 1 N–H and O–H groups in total. The smallest absolute Gasteiger partial charge is 0.322 e. The highest BCUT2D eigenvalue weighted by Gasteiger charge is 2.25. The summed E-state index contributed by atoms with van der Waals surface area (Å²) in [4.78, 5) is 13.9. The Labute approximate surface area is 111 Å². The monoisotopic (exact) mass is 256 g/mol. The van der Waals surface area contributed by atoms with Gasteiger partial charge in [-0.05, 0) is 58.7 Å². The van der Waals surface area contributed by atoms with Gasteiger partial charge in [-0.2, -0.15) is 0 Å². The topological polar surface area (TPSA) is 41.6 Å². The lowest BCUT2D eigenvalue weighted by molar-refractivity contribution is -0.142. The number of esters is 1. The Balaban J connectivity index is 2.31. The number of rotatable bonds is 6. The van der Waals surface area contributed by atoms with E-state index in [9.17, 15) is 4.79 Å². The number of nitrogens with zero attached hydrogens (tertiary/aromatic N) is 1. The molecule has 0 aliphatic carbocycles. The average Bonchev–Trinajstić information content (AvgIpc) is 2.38. The molecule has 4 nitrogen and oxygen atoms in total. The van der Waals surface area contributed by atoms with Crippen LogP contribution in [-0.2, 0) is 9.53 Å². The lowest BCUT2D eigenvalue weighted by Crippen LogP contribution is -2.47. The van der Waals surface area contributed by atoms with Gasteiger partial charge in [0.25, 0.3) is 0 Å². The number of methoxy groups -OCH3 is 1. The first kappa shape index (κ1) is 15.4. The lowest BCUT2D eigenvalue weighted by Gasteiger charge is -2.35. The molecule has 0 aromatic carbocycles. The van der Waals surface area contributed by atoms with E-state index in [4.69, 9.17) is 4.74 Å². The Bertz CT molecular complexity index is 250. The van der Waals surface area contributed by atoms with Gasteiger partial charge in [-0.15, -0.1) is 0 Å². The zero-order chi connectivity index (χ0) is 13.5. The molecule has 1 heterocycles. The Morgan fingerprint density at radius 2 is 2.00 bits per heavy atom. The third-order valence-electron chi connectivity index (χ3n) is 3.95. The van der Waals surface area contributed by atoms with E-state index in [-0.39, 0.29) is 12.0 Å². The second kappa shape index (κ2) is 7.74. The van der Waals surface area contributed by atoms with Gasteiger partial charge in [0.15, 0.2) is 0 Å². The van der Waals surface area contributed by atoms with E-state index in [1.54, 1.807) is 0 Å². The highest BCUT2D eigenvalue weighted by Crippen LogP contribution is 2.21. The van der Waals surface area contributed by atoms with Crippen LogP contribution in [0.25, 0.3) is 0 Å². The Morgan fingerprint density at radius 3 is 2.50 bits per heavy atom. The molecule has 0 saturated carbocycles. The van der Waals surface area contributed by atoms with Crippen LogP contribution in [0.5, 0.6) is 0 Å². The number of carbonyl (C=O) groups excluding carboxylic acids is 1. The van der Waals surface area contributed by atoms with Crippen LogP contribution >= 0.6 is 0 Å². The Kier molecular flexibility index (Phi) is 6.65. The van der Waals surface area contributed by atoms with E-state index in [2.05, 4.69) is 24.1 Å². The molecular formula is C14H28N2O2. The summed E-state index contributed by atoms with van der Waals surface area (Å²) >= 11 is 0. The number of likely N-dealkylation sites (tertiary alicyclic amines) is 1. The molecule has 1 aliphatic heterocycles. The maximum Gasteiger partial charge on any atom is 0.322 e. The minimum absolute atomic E-state index is 0.176.